The van der Waals surface area contributed by atoms with E-state index in [9.17, 15) is 9.59 Å². The Morgan fingerprint density at radius 1 is 0.875 bits per heavy atom. The van der Waals surface area contributed by atoms with Crippen LogP contribution in [0, 0.1) is 11.8 Å². The van der Waals surface area contributed by atoms with Gasteiger partial charge in [-0.2, -0.15) is 0 Å². The first-order valence-electron chi connectivity index (χ1n) is 12.5. The molecule has 0 N–H and O–H groups in total. The number of methoxy groups -OCH3 is 1. The lowest BCUT2D eigenvalue weighted by molar-refractivity contribution is -0.238. The maximum Gasteiger partial charge on any atom is 0.317 e. The summed E-state index contributed by atoms with van der Waals surface area (Å²) in [7, 11) is 1.66. The van der Waals surface area contributed by atoms with E-state index in [1.54, 1.807) is 7.11 Å². The van der Waals surface area contributed by atoms with Gasteiger partial charge in [0, 0.05) is 7.11 Å². The van der Waals surface area contributed by atoms with Gasteiger partial charge >= 0.3 is 11.9 Å². The Morgan fingerprint density at radius 2 is 1.34 bits per heavy atom. The highest BCUT2D eigenvalue weighted by molar-refractivity contribution is 5.91. The van der Waals surface area contributed by atoms with Crippen molar-refractivity contribution in [2.24, 2.45) is 11.8 Å². The zero-order valence-electron chi connectivity index (χ0n) is 20.6. The quantitative estimate of drug-likeness (QED) is 0.283. The highest BCUT2D eigenvalue weighted by Crippen LogP contribution is 2.46. The summed E-state index contributed by atoms with van der Waals surface area (Å²) in [4.78, 5) is 25.5. The molecule has 180 valence electrons. The molecule has 1 aliphatic rings. The first kappa shape index (κ1) is 26.4. The SMILES string of the molecule is CCCCC(CC)C1OC(=O)CC(=O)OC(C(CC)CCCC)C1(OC)c1ccccc1. The van der Waals surface area contributed by atoms with Crippen LogP contribution in [0.3, 0.4) is 0 Å². The zero-order chi connectivity index (χ0) is 23.6. The minimum absolute atomic E-state index is 0.0991. The molecule has 1 aromatic rings. The molecule has 0 bridgehead atoms. The van der Waals surface area contributed by atoms with Crippen molar-refractivity contribution in [2.75, 3.05) is 7.11 Å². The average Bonchev–Trinajstić information content (AvgIpc) is 2.80. The summed E-state index contributed by atoms with van der Waals surface area (Å²) < 4.78 is 18.7. The van der Waals surface area contributed by atoms with Crippen LogP contribution >= 0.6 is 0 Å². The molecular weight excluding hydrogens is 404 g/mol. The van der Waals surface area contributed by atoms with E-state index >= 15 is 0 Å². The van der Waals surface area contributed by atoms with E-state index in [0.29, 0.717) is 0 Å². The number of carbonyl (C=O) groups excluding carboxylic acids is 2. The lowest BCUT2D eigenvalue weighted by Crippen LogP contribution is -2.60. The van der Waals surface area contributed by atoms with Gasteiger partial charge < -0.3 is 14.2 Å². The second-order valence-corrected chi connectivity index (χ2v) is 8.98. The molecule has 5 nitrogen and oxygen atoms in total. The van der Waals surface area contributed by atoms with Crippen LogP contribution in [0.25, 0.3) is 0 Å². The standard InChI is InChI=1S/C27H42O5/c1-6-10-15-20(8-3)25-27(30-5,22-17-13-12-14-18-22)26(21(9-4)16-11-7-2)32-24(29)19-23(28)31-25/h12-14,17-18,20-21,25-26H,6-11,15-16,19H2,1-5H3. The Labute approximate surface area is 194 Å². The fourth-order valence-electron chi connectivity index (χ4n) is 5.16. The number of cyclic esters (lactones) is 2. The maximum absolute atomic E-state index is 12.7. The Balaban J connectivity index is 2.73. The zero-order valence-corrected chi connectivity index (χ0v) is 20.6. The van der Waals surface area contributed by atoms with E-state index < -0.39 is 29.7 Å². The van der Waals surface area contributed by atoms with Crippen molar-refractivity contribution in [1.29, 1.82) is 0 Å². The summed E-state index contributed by atoms with van der Waals surface area (Å²) in [5, 5.41) is 0. The van der Waals surface area contributed by atoms with E-state index in [-0.39, 0.29) is 18.3 Å². The third kappa shape index (κ3) is 5.92. The number of esters is 2. The lowest BCUT2D eigenvalue weighted by atomic mass is 9.70. The lowest BCUT2D eigenvalue weighted by Gasteiger charge is -2.49. The van der Waals surface area contributed by atoms with Gasteiger partial charge in [0.2, 0.25) is 0 Å². The molecule has 1 fully saturated rings. The van der Waals surface area contributed by atoms with Crippen LogP contribution < -0.4 is 0 Å². The van der Waals surface area contributed by atoms with E-state index in [4.69, 9.17) is 14.2 Å². The molecule has 5 heteroatoms. The highest BCUT2D eigenvalue weighted by atomic mass is 16.6. The fourth-order valence-corrected chi connectivity index (χ4v) is 5.16. The predicted octanol–water partition coefficient (Wildman–Crippen LogP) is 6.19. The second kappa shape index (κ2) is 13.0. The minimum atomic E-state index is -1.06. The van der Waals surface area contributed by atoms with Crippen molar-refractivity contribution in [3.05, 3.63) is 35.9 Å². The summed E-state index contributed by atoms with van der Waals surface area (Å²) in [6.45, 7) is 8.60. The third-order valence-corrected chi connectivity index (χ3v) is 6.98. The van der Waals surface area contributed by atoms with Gasteiger partial charge in [-0.1, -0.05) is 83.7 Å². The predicted molar refractivity (Wildman–Crippen MR) is 126 cm³/mol. The Hall–Kier alpha value is -1.88. The third-order valence-electron chi connectivity index (χ3n) is 6.98. The summed E-state index contributed by atoms with van der Waals surface area (Å²) in [6, 6.07) is 9.90. The number of unbranched alkanes of at least 4 members (excludes halogenated alkanes) is 2. The van der Waals surface area contributed by atoms with Crippen LogP contribution in [0.2, 0.25) is 0 Å². The van der Waals surface area contributed by atoms with E-state index in [0.717, 1.165) is 56.9 Å². The molecule has 1 saturated heterocycles. The van der Waals surface area contributed by atoms with Crippen LogP contribution in [0.15, 0.2) is 30.3 Å². The fraction of sp³-hybridized carbons (Fsp3) is 0.704. The topological polar surface area (TPSA) is 61.8 Å². The van der Waals surface area contributed by atoms with Crippen molar-refractivity contribution in [3.63, 3.8) is 0 Å². The molecule has 0 spiro atoms. The van der Waals surface area contributed by atoms with Gasteiger partial charge in [0.15, 0.2) is 5.60 Å². The highest BCUT2D eigenvalue weighted by Gasteiger charge is 2.57. The Morgan fingerprint density at radius 3 is 1.72 bits per heavy atom. The summed E-state index contributed by atoms with van der Waals surface area (Å²) in [6.07, 6.45) is 6.34. The molecule has 4 atom stereocenters. The number of ether oxygens (including phenoxy) is 3. The molecule has 4 unspecified atom stereocenters. The first-order valence-corrected chi connectivity index (χ1v) is 12.5. The first-order chi connectivity index (χ1) is 15.5. The van der Waals surface area contributed by atoms with Crippen LogP contribution in [-0.2, 0) is 29.4 Å². The van der Waals surface area contributed by atoms with E-state index in [1.807, 2.05) is 30.3 Å². The Kier molecular flexibility index (Phi) is 10.7. The van der Waals surface area contributed by atoms with E-state index in [1.165, 1.54) is 0 Å². The van der Waals surface area contributed by atoms with Gasteiger partial charge in [-0.25, -0.2) is 0 Å². The largest absolute Gasteiger partial charge is 0.458 e. The van der Waals surface area contributed by atoms with Crippen molar-refractivity contribution < 1.29 is 23.8 Å². The summed E-state index contributed by atoms with van der Waals surface area (Å²) in [5.74, 6) is -0.871. The van der Waals surface area contributed by atoms with Crippen LogP contribution in [-0.4, -0.2) is 31.3 Å². The molecular formula is C27H42O5. The van der Waals surface area contributed by atoms with Crippen LogP contribution in [0.1, 0.15) is 91.0 Å². The van der Waals surface area contributed by atoms with Gasteiger partial charge in [0.25, 0.3) is 0 Å². The van der Waals surface area contributed by atoms with Crippen molar-refractivity contribution in [2.45, 2.75) is 103 Å². The van der Waals surface area contributed by atoms with Crippen molar-refractivity contribution in [1.82, 2.24) is 0 Å². The molecule has 0 aliphatic carbocycles. The average molecular weight is 447 g/mol. The number of hydrogen-bond acceptors (Lipinski definition) is 5. The molecule has 1 aliphatic heterocycles. The molecule has 0 saturated carbocycles. The number of hydrogen-bond donors (Lipinski definition) is 0. The van der Waals surface area contributed by atoms with Gasteiger partial charge in [0.1, 0.15) is 18.6 Å². The number of benzene rings is 1. The maximum atomic E-state index is 12.7. The molecule has 0 amide bonds. The van der Waals surface area contributed by atoms with Crippen LogP contribution in [0.5, 0.6) is 0 Å². The van der Waals surface area contributed by atoms with Gasteiger partial charge in [-0.3, -0.25) is 9.59 Å². The molecule has 32 heavy (non-hydrogen) atoms. The van der Waals surface area contributed by atoms with Crippen molar-refractivity contribution >= 4 is 11.9 Å². The normalized spacial score (nSPS) is 25.9. The monoisotopic (exact) mass is 446 g/mol. The summed E-state index contributed by atoms with van der Waals surface area (Å²) >= 11 is 0. The molecule has 2 rings (SSSR count). The number of carbonyl (C=O) groups is 2. The Bertz CT molecular complexity index is 665. The summed E-state index contributed by atoms with van der Waals surface area (Å²) in [5.41, 5.74) is -0.166. The van der Waals surface area contributed by atoms with Gasteiger partial charge in [-0.15, -0.1) is 0 Å². The molecule has 0 radical (unpaired) electrons. The van der Waals surface area contributed by atoms with Crippen LogP contribution in [0.4, 0.5) is 0 Å². The minimum Gasteiger partial charge on any atom is -0.458 e. The van der Waals surface area contributed by atoms with E-state index in [2.05, 4.69) is 27.7 Å². The number of rotatable bonds is 12. The van der Waals surface area contributed by atoms with Crippen molar-refractivity contribution in [3.8, 4) is 0 Å². The smallest absolute Gasteiger partial charge is 0.317 e. The molecule has 1 aromatic carbocycles. The van der Waals surface area contributed by atoms with Gasteiger partial charge in [-0.05, 0) is 43.1 Å². The van der Waals surface area contributed by atoms with Gasteiger partial charge in [0.05, 0.1) is 0 Å². The molecule has 1 heterocycles. The second-order valence-electron chi connectivity index (χ2n) is 8.98. The molecule has 0 aromatic heterocycles.